The number of benzene rings is 1. The minimum absolute atomic E-state index is 0.139. The number of rotatable bonds is 6. The molecule has 1 aliphatic heterocycles. The van der Waals surface area contributed by atoms with E-state index in [9.17, 15) is 10.1 Å². The monoisotopic (exact) mass is 292 g/mol. The number of nitro benzene ring substituents is 1. The molecule has 0 bridgehead atoms. The molecule has 6 nitrogen and oxygen atoms in total. The Labute approximate surface area is 125 Å². The smallest absolute Gasteiger partial charge is 0.292 e. The zero-order valence-corrected chi connectivity index (χ0v) is 12.8. The summed E-state index contributed by atoms with van der Waals surface area (Å²) in [6, 6.07) is 7.17. The van der Waals surface area contributed by atoms with Crippen molar-refractivity contribution >= 4 is 11.4 Å². The number of nitrogens with one attached hydrogen (secondary N) is 1. The maximum Gasteiger partial charge on any atom is 0.292 e. The number of para-hydroxylation sites is 2. The van der Waals surface area contributed by atoms with Crippen molar-refractivity contribution in [2.45, 2.75) is 19.9 Å². The lowest BCUT2D eigenvalue weighted by Gasteiger charge is -2.37. The summed E-state index contributed by atoms with van der Waals surface area (Å²) in [5.74, 6) is 0. The summed E-state index contributed by atoms with van der Waals surface area (Å²) in [6.45, 7) is 10.5. The summed E-state index contributed by atoms with van der Waals surface area (Å²) < 4.78 is 0. The van der Waals surface area contributed by atoms with Crippen LogP contribution in [0.2, 0.25) is 0 Å². The van der Waals surface area contributed by atoms with Crippen LogP contribution in [-0.2, 0) is 0 Å². The third-order valence-electron chi connectivity index (χ3n) is 4.17. The van der Waals surface area contributed by atoms with E-state index in [2.05, 4.69) is 29.0 Å². The first-order valence-corrected chi connectivity index (χ1v) is 7.55. The van der Waals surface area contributed by atoms with Crippen molar-refractivity contribution in [3.05, 3.63) is 34.4 Å². The maximum absolute atomic E-state index is 11.0. The van der Waals surface area contributed by atoms with Gasteiger partial charge in [0.25, 0.3) is 5.69 Å². The molecule has 1 aromatic carbocycles. The molecular formula is C15H24N4O2. The number of hydrogen-bond donors (Lipinski definition) is 1. The molecule has 1 N–H and O–H groups in total. The normalized spacial score (nSPS) is 18.4. The molecule has 1 heterocycles. The fourth-order valence-electron chi connectivity index (χ4n) is 2.69. The minimum atomic E-state index is -0.340. The van der Waals surface area contributed by atoms with Crippen LogP contribution in [0.3, 0.4) is 0 Å². The average molecular weight is 292 g/mol. The van der Waals surface area contributed by atoms with Crippen LogP contribution in [0.15, 0.2) is 24.3 Å². The Morgan fingerprint density at radius 3 is 2.57 bits per heavy atom. The molecule has 1 unspecified atom stereocenters. The second-order valence-electron chi connectivity index (χ2n) is 5.47. The molecule has 21 heavy (non-hydrogen) atoms. The molecular weight excluding hydrogens is 268 g/mol. The van der Waals surface area contributed by atoms with Gasteiger partial charge in [0, 0.05) is 44.8 Å². The minimum Gasteiger partial charge on any atom is -0.378 e. The van der Waals surface area contributed by atoms with Gasteiger partial charge < -0.3 is 10.2 Å². The first-order chi connectivity index (χ1) is 10.1. The van der Waals surface area contributed by atoms with Crippen LogP contribution in [0.4, 0.5) is 11.4 Å². The highest BCUT2D eigenvalue weighted by molar-refractivity contribution is 5.61. The molecule has 1 fully saturated rings. The largest absolute Gasteiger partial charge is 0.378 e. The highest BCUT2D eigenvalue weighted by atomic mass is 16.6. The van der Waals surface area contributed by atoms with E-state index in [-0.39, 0.29) is 10.6 Å². The number of anilines is 1. The quantitative estimate of drug-likeness (QED) is 0.642. The number of nitrogens with zero attached hydrogens (tertiary/aromatic N) is 3. The Kier molecular flexibility index (Phi) is 5.52. The molecule has 0 saturated carbocycles. The Bertz CT molecular complexity index is 472. The van der Waals surface area contributed by atoms with Crippen LogP contribution < -0.4 is 5.32 Å². The van der Waals surface area contributed by atoms with Crippen LogP contribution in [-0.4, -0.2) is 60.0 Å². The average Bonchev–Trinajstić information content (AvgIpc) is 2.52. The predicted molar refractivity (Wildman–Crippen MR) is 84.7 cm³/mol. The standard InChI is InChI=1S/C15H24N4O2/c1-3-17-8-10-18(11-9-17)13(2)12-16-14-6-4-5-7-15(14)19(20)21/h4-7,13,16H,3,8-12H2,1-2H3. The van der Waals surface area contributed by atoms with Crippen molar-refractivity contribution in [2.75, 3.05) is 44.6 Å². The van der Waals surface area contributed by atoms with Gasteiger partial charge >= 0.3 is 0 Å². The molecule has 1 atom stereocenters. The molecule has 6 heteroatoms. The van der Waals surface area contributed by atoms with Gasteiger partial charge in [-0.25, -0.2) is 0 Å². The lowest BCUT2D eigenvalue weighted by atomic mass is 10.2. The van der Waals surface area contributed by atoms with Gasteiger partial charge in [-0.2, -0.15) is 0 Å². The molecule has 1 aromatic rings. The Morgan fingerprint density at radius 2 is 1.95 bits per heavy atom. The highest BCUT2D eigenvalue weighted by Crippen LogP contribution is 2.23. The Balaban J connectivity index is 1.87. The van der Waals surface area contributed by atoms with E-state index in [1.54, 1.807) is 12.1 Å². The maximum atomic E-state index is 11.0. The number of likely N-dealkylation sites (N-methyl/N-ethyl adjacent to an activating group) is 1. The van der Waals surface area contributed by atoms with Gasteiger partial charge in [-0.05, 0) is 19.5 Å². The molecule has 1 aliphatic rings. The first-order valence-electron chi connectivity index (χ1n) is 7.55. The molecule has 0 spiro atoms. The fraction of sp³-hybridized carbons (Fsp3) is 0.600. The summed E-state index contributed by atoms with van der Waals surface area (Å²) in [6.07, 6.45) is 0. The van der Waals surface area contributed by atoms with E-state index in [1.807, 2.05) is 6.07 Å². The van der Waals surface area contributed by atoms with Gasteiger partial charge in [-0.1, -0.05) is 19.1 Å². The summed E-state index contributed by atoms with van der Waals surface area (Å²) >= 11 is 0. The van der Waals surface area contributed by atoms with Gasteiger partial charge in [-0.15, -0.1) is 0 Å². The lowest BCUT2D eigenvalue weighted by Crippen LogP contribution is -2.51. The van der Waals surface area contributed by atoms with Gasteiger partial charge in [0.05, 0.1) is 4.92 Å². The van der Waals surface area contributed by atoms with E-state index >= 15 is 0 Å². The van der Waals surface area contributed by atoms with Crippen LogP contribution in [0.25, 0.3) is 0 Å². The molecule has 0 aliphatic carbocycles. The van der Waals surface area contributed by atoms with Crippen molar-refractivity contribution in [3.8, 4) is 0 Å². The zero-order valence-electron chi connectivity index (χ0n) is 12.8. The van der Waals surface area contributed by atoms with E-state index < -0.39 is 0 Å². The van der Waals surface area contributed by atoms with Gasteiger partial charge in [0.2, 0.25) is 0 Å². The second kappa shape index (κ2) is 7.38. The molecule has 2 rings (SSSR count). The van der Waals surface area contributed by atoms with Crippen LogP contribution >= 0.6 is 0 Å². The summed E-state index contributed by atoms with van der Waals surface area (Å²) in [4.78, 5) is 15.5. The molecule has 1 saturated heterocycles. The molecule has 116 valence electrons. The molecule has 0 amide bonds. The number of nitro groups is 1. The number of hydrogen-bond acceptors (Lipinski definition) is 5. The van der Waals surface area contributed by atoms with E-state index in [4.69, 9.17) is 0 Å². The van der Waals surface area contributed by atoms with Crippen molar-refractivity contribution < 1.29 is 4.92 Å². The predicted octanol–water partition coefficient (Wildman–Crippen LogP) is 2.03. The number of piperazine rings is 1. The topological polar surface area (TPSA) is 61.6 Å². The van der Waals surface area contributed by atoms with Crippen LogP contribution in [0, 0.1) is 10.1 Å². The highest BCUT2D eigenvalue weighted by Gasteiger charge is 2.20. The van der Waals surface area contributed by atoms with Crippen LogP contribution in [0.5, 0.6) is 0 Å². The second-order valence-corrected chi connectivity index (χ2v) is 5.47. The van der Waals surface area contributed by atoms with Gasteiger partial charge in [0.15, 0.2) is 0 Å². The zero-order chi connectivity index (χ0) is 15.2. The Morgan fingerprint density at radius 1 is 1.29 bits per heavy atom. The summed E-state index contributed by atoms with van der Waals surface area (Å²) in [5.41, 5.74) is 0.738. The Hall–Kier alpha value is -1.66. The SMILES string of the molecule is CCN1CCN(C(C)CNc2ccccc2[N+](=O)[O-])CC1. The van der Waals surface area contributed by atoms with Crippen LogP contribution in [0.1, 0.15) is 13.8 Å². The van der Waals surface area contributed by atoms with Crippen molar-refractivity contribution in [3.63, 3.8) is 0 Å². The third-order valence-corrected chi connectivity index (χ3v) is 4.17. The molecule has 0 aromatic heterocycles. The summed E-state index contributed by atoms with van der Waals surface area (Å²) in [7, 11) is 0. The van der Waals surface area contributed by atoms with Gasteiger partial charge in [-0.3, -0.25) is 15.0 Å². The van der Waals surface area contributed by atoms with Gasteiger partial charge in [0.1, 0.15) is 5.69 Å². The van der Waals surface area contributed by atoms with E-state index in [0.29, 0.717) is 11.7 Å². The van der Waals surface area contributed by atoms with Crippen molar-refractivity contribution in [1.82, 2.24) is 9.80 Å². The lowest BCUT2D eigenvalue weighted by molar-refractivity contribution is -0.384. The van der Waals surface area contributed by atoms with Crippen molar-refractivity contribution in [2.24, 2.45) is 0 Å². The van der Waals surface area contributed by atoms with E-state index in [1.165, 1.54) is 6.07 Å². The third kappa shape index (κ3) is 4.15. The fourth-order valence-corrected chi connectivity index (χ4v) is 2.69. The van der Waals surface area contributed by atoms with E-state index in [0.717, 1.165) is 39.3 Å². The summed E-state index contributed by atoms with van der Waals surface area (Å²) in [5, 5.41) is 14.2. The van der Waals surface area contributed by atoms with Crippen molar-refractivity contribution in [1.29, 1.82) is 0 Å². The molecule has 0 radical (unpaired) electrons. The first kappa shape index (κ1) is 15.7.